The Morgan fingerprint density at radius 2 is 2.25 bits per heavy atom. The molecule has 1 aliphatic rings. The van der Waals surface area contributed by atoms with Crippen molar-refractivity contribution in [3.05, 3.63) is 35.0 Å². The fourth-order valence-electron chi connectivity index (χ4n) is 2.93. The van der Waals surface area contributed by atoms with Gasteiger partial charge in [-0.25, -0.2) is 0 Å². The second-order valence-corrected chi connectivity index (χ2v) is 5.90. The summed E-state index contributed by atoms with van der Waals surface area (Å²) in [5, 5.41) is 5.27. The van der Waals surface area contributed by atoms with Gasteiger partial charge in [-0.3, -0.25) is 0 Å². The number of halogens is 1. The first kappa shape index (κ1) is 13.9. The first-order chi connectivity index (χ1) is 9.69. The Kier molecular flexibility index (Phi) is 4.01. The van der Waals surface area contributed by atoms with Crippen LogP contribution in [0.3, 0.4) is 0 Å². The van der Waals surface area contributed by atoms with Crippen molar-refractivity contribution in [2.24, 2.45) is 5.92 Å². The van der Waals surface area contributed by atoms with Crippen molar-refractivity contribution in [2.75, 3.05) is 13.2 Å². The maximum atomic E-state index is 6.04. The van der Waals surface area contributed by atoms with Crippen LogP contribution in [0, 0.1) is 5.92 Å². The number of ether oxygens (including phenoxy) is 1. The third-order valence-electron chi connectivity index (χ3n) is 4.00. The van der Waals surface area contributed by atoms with Gasteiger partial charge >= 0.3 is 0 Å². The van der Waals surface area contributed by atoms with Crippen LogP contribution in [-0.4, -0.2) is 19.3 Å². The summed E-state index contributed by atoms with van der Waals surface area (Å²) in [6.45, 7) is 6.06. The zero-order valence-corrected chi connectivity index (χ0v) is 12.6. The minimum atomic E-state index is 0.101. The number of rotatable bonds is 4. The molecule has 3 rings (SSSR count). The molecule has 1 aromatic heterocycles. The normalized spacial score (nSPS) is 24.4. The molecule has 0 spiro atoms. The molecule has 1 N–H and O–H groups in total. The lowest BCUT2D eigenvalue weighted by molar-refractivity contribution is 0.0549. The van der Waals surface area contributed by atoms with Crippen LogP contribution in [0.2, 0.25) is 5.02 Å². The van der Waals surface area contributed by atoms with E-state index >= 15 is 0 Å². The Morgan fingerprint density at radius 1 is 1.40 bits per heavy atom. The number of nitrogens with one attached hydrogen (secondary N) is 1. The number of hydrogen-bond donors (Lipinski definition) is 1. The maximum absolute atomic E-state index is 6.04. The summed E-state index contributed by atoms with van der Waals surface area (Å²) in [6, 6.07) is 7.88. The molecule has 0 saturated carbocycles. The Balaban J connectivity index is 1.96. The highest BCUT2D eigenvalue weighted by Crippen LogP contribution is 2.34. The van der Waals surface area contributed by atoms with Gasteiger partial charge in [-0.15, -0.1) is 0 Å². The summed E-state index contributed by atoms with van der Waals surface area (Å²) in [7, 11) is 0. The summed E-state index contributed by atoms with van der Waals surface area (Å²) >= 11 is 6.04. The Morgan fingerprint density at radius 3 is 2.95 bits per heavy atom. The smallest absolute Gasteiger partial charge is 0.134 e. The monoisotopic (exact) mass is 293 g/mol. The molecule has 1 aliphatic heterocycles. The standard InChI is InChI=1S/C16H20ClNO2/c1-3-18-15(16-10(2)6-7-19-16)14-9-11-8-12(17)4-5-13(11)20-14/h4-5,8-10,15-16,18H,3,6-7H2,1-2H3. The van der Waals surface area contributed by atoms with E-state index in [9.17, 15) is 0 Å². The summed E-state index contributed by atoms with van der Waals surface area (Å²) in [5.41, 5.74) is 0.873. The van der Waals surface area contributed by atoms with Gasteiger partial charge in [-0.05, 0) is 43.1 Å². The van der Waals surface area contributed by atoms with E-state index in [-0.39, 0.29) is 12.1 Å². The van der Waals surface area contributed by atoms with Crippen molar-refractivity contribution in [3.8, 4) is 0 Å². The molecule has 3 unspecified atom stereocenters. The summed E-state index contributed by atoms with van der Waals surface area (Å²) in [4.78, 5) is 0. The van der Waals surface area contributed by atoms with Crippen molar-refractivity contribution in [1.29, 1.82) is 0 Å². The van der Waals surface area contributed by atoms with Crippen LogP contribution in [0.15, 0.2) is 28.7 Å². The van der Waals surface area contributed by atoms with Crippen LogP contribution in [0.1, 0.15) is 32.1 Å². The second-order valence-electron chi connectivity index (χ2n) is 5.47. The number of fused-ring (bicyclic) bond motifs is 1. The quantitative estimate of drug-likeness (QED) is 0.919. The highest BCUT2D eigenvalue weighted by molar-refractivity contribution is 6.31. The highest BCUT2D eigenvalue weighted by Gasteiger charge is 2.34. The predicted octanol–water partition coefficient (Wildman–Crippen LogP) is 4.16. The molecule has 2 aromatic rings. The zero-order chi connectivity index (χ0) is 14.1. The van der Waals surface area contributed by atoms with E-state index in [1.54, 1.807) is 0 Å². The molecule has 1 fully saturated rings. The van der Waals surface area contributed by atoms with Gasteiger partial charge in [0.2, 0.25) is 0 Å². The van der Waals surface area contributed by atoms with Crippen molar-refractivity contribution in [3.63, 3.8) is 0 Å². The molecule has 1 saturated heterocycles. The molecule has 4 heteroatoms. The molecule has 20 heavy (non-hydrogen) atoms. The first-order valence-electron chi connectivity index (χ1n) is 7.23. The number of likely N-dealkylation sites (N-methyl/N-ethyl adjacent to an activating group) is 1. The molecule has 0 amide bonds. The topological polar surface area (TPSA) is 34.4 Å². The van der Waals surface area contributed by atoms with E-state index in [2.05, 4.69) is 25.2 Å². The average molecular weight is 294 g/mol. The van der Waals surface area contributed by atoms with Gasteiger partial charge < -0.3 is 14.5 Å². The van der Waals surface area contributed by atoms with E-state index in [0.29, 0.717) is 5.92 Å². The molecular weight excluding hydrogens is 274 g/mol. The fourth-order valence-corrected chi connectivity index (χ4v) is 3.11. The largest absolute Gasteiger partial charge is 0.459 e. The second kappa shape index (κ2) is 5.76. The van der Waals surface area contributed by atoms with Crippen LogP contribution in [-0.2, 0) is 4.74 Å². The van der Waals surface area contributed by atoms with E-state index in [1.165, 1.54) is 0 Å². The molecule has 1 aromatic carbocycles. The minimum absolute atomic E-state index is 0.101. The third kappa shape index (κ3) is 2.58. The molecule has 0 bridgehead atoms. The zero-order valence-electron chi connectivity index (χ0n) is 11.9. The molecule has 0 radical (unpaired) electrons. The van der Waals surface area contributed by atoms with Gasteiger partial charge in [0, 0.05) is 17.0 Å². The van der Waals surface area contributed by atoms with Crippen molar-refractivity contribution in [2.45, 2.75) is 32.4 Å². The fraction of sp³-hybridized carbons (Fsp3) is 0.500. The molecule has 2 heterocycles. The van der Waals surface area contributed by atoms with E-state index < -0.39 is 0 Å². The average Bonchev–Trinajstić information content (AvgIpc) is 3.01. The lowest BCUT2D eigenvalue weighted by Gasteiger charge is -2.25. The Bertz CT molecular complexity index is 595. The summed E-state index contributed by atoms with van der Waals surface area (Å²) in [5.74, 6) is 1.47. The predicted molar refractivity (Wildman–Crippen MR) is 81.2 cm³/mol. The number of hydrogen-bond acceptors (Lipinski definition) is 3. The van der Waals surface area contributed by atoms with E-state index in [0.717, 1.165) is 41.3 Å². The van der Waals surface area contributed by atoms with Gasteiger partial charge in [-0.2, -0.15) is 0 Å². The van der Waals surface area contributed by atoms with Crippen molar-refractivity contribution >= 4 is 22.6 Å². The first-order valence-corrected chi connectivity index (χ1v) is 7.61. The van der Waals surface area contributed by atoms with Crippen LogP contribution in [0.4, 0.5) is 0 Å². The third-order valence-corrected chi connectivity index (χ3v) is 4.24. The summed E-state index contributed by atoms with van der Waals surface area (Å²) < 4.78 is 11.9. The lowest BCUT2D eigenvalue weighted by atomic mass is 9.96. The van der Waals surface area contributed by atoms with E-state index in [4.69, 9.17) is 20.8 Å². The molecule has 3 nitrogen and oxygen atoms in total. The van der Waals surface area contributed by atoms with Crippen LogP contribution in [0.5, 0.6) is 0 Å². The van der Waals surface area contributed by atoms with Gasteiger partial charge in [0.05, 0.1) is 12.1 Å². The lowest BCUT2D eigenvalue weighted by Crippen LogP contribution is -2.34. The van der Waals surface area contributed by atoms with Crippen molar-refractivity contribution < 1.29 is 9.15 Å². The highest BCUT2D eigenvalue weighted by atomic mass is 35.5. The maximum Gasteiger partial charge on any atom is 0.134 e. The van der Waals surface area contributed by atoms with Gasteiger partial charge in [0.15, 0.2) is 0 Å². The Labute approximate surface area is 124 Å². The van der Waals surface area contributed by atoms with Crippen LogP contribution >= 0.6 is 11.6 Å². The molecule has 108 valence electrons. The molecular formula is C16H20ClNO2. The Hall–Kier alpha value is -1.03. The number of furan rings is 1. The molecule has 3 atom stereocenters. The van der Waals surface area contributed by atoms with Crippen LogP contribution in [0.25, 0.3) is 11.0 Å². The van der Waals surface area contributed by atoms with E-state index in [1.807, 2.05) is 18.2 Å². The van der Waals surface area contributed by atoms with Gasteiger partial charge in [-0.1, -0.05) is 25.4 Å². The van der Waals surface area contributed by atoms with Crippen molar-refractivity contribution in [1.82, 2.24) is 5.32 Å². The minimum Gasteiger partial charge on any atom is -0.459 e. The van der Waals surface area contributed by atoms with Gasteiger partial charge in [0.1, 0.15) is 11.3 Å². The summed E-state index contributed by atoms with van der Waals surface area (Å²) in [6.07, 6.45) is 1.28. The number of benzene rings is 1. The SMILES string of the molecule is CCNC(c1cc2cc(Cl)ccc2o1)C1OCCC1C. The molecule has 0 aliphatic carbocycles. The van der Waals surface area contributed by atoms with Gasteiger partial charge in [0.25, 0.3) is 0 Å². The van der Waals surface area contributed by atoms with Crippen LogP contribution < -0.4 is 5.32 Å².